The van der Waals surface area contributed by atoms with Gasteiger partial charge >= 0.3 is 0 Å². The molecule has 0 aliphatic carbocycles. The van der Waals surface area contributed by atoms with Crippen molar-refractivity contribution >= 4 is 11.6 Å². The van der Waals surface area contributed by atoms with Gasteiger partial charge in [-0.1, -0.05) is 13.8 Å². The molecule has 1 rings (SSSR count). The molecule has 5 heteroatoms. The third-order valence-electron chi connectivity index (χ3n) is 2.61. The van der Waals surface area contributed by atoms with Gasteiger partial charge in [-0.2, -0.15) is 0 Å². The summed E-state index contributed by atoms with van der Waals surface area (Å²) in [5.41, 5.74) is 5.59. The number of aryl methyl sites for hydroxylation is 1. The lowest BCUT2D eigenvalue weighted by Crippen LogP contribution is -2.26. The number of nitrogens with two attached hydrogens (primary N) is 1. The second kappa shape index (κ2) is 7.16. The Kier molecular flexibility index (Phi) is 5.85. The molecule has 0 aliphatic rings. The Labute approximate surface area is 110 Å². The summed E-state index contributed by atoms with van der Waals surface area (Å²) in [7, 11) is 0. The molecular weight excluding hydrogens is 226 g/mol. The maximum atomic E-state index is 5.59. The molecule has 0 amide bonds. The minimum Gasteiger partial charge on any atom is -0.370 e. The van der Waals surface area contributed by atoms with Gasteiger partial charge in [0.15, 0.2) is 0 Å². The van der Waals surface area contributed by atoms with E-state index < -0.39 is 0 Å². The number of nitrogens with zero attached hydrogens (tertiary/aromatic N) is 2. The van der Waals surface area contributed by atoms with Crippen molar-refractivity contribution in [3.8, 4) is 0 Å². The van der Waals surface area contributed by atoms with E-state index in [4.69, 9.17) is 5.73 Å². The summed E-state index contributed by atoms with van der Waals surface area (Å²) in [5, 5.41) is 6.58. The van der Waals surface area contributed by atoms with Crippen molar-refractivity contribution < 1.29 is 0 Å². The number of hydrogen-bond acceptors (Lipinski definition) is 5. The van der Waals surface area contributed by atoms with Crippen LogP contribution in [-0.2, 0) is 0 Å². The van der Waals surface area contributed by atoms with Gasteiger partial charge in [0.25, 0.3) is 0 Å². The molecule has 0 saturated heterocycles. The second-order valence-corrected chi connectivity index (χ2v) is 5.08. The number of anilines is 2. The highest BCUT2D eigenvalue weighted by Gasteiger charge is 2.04. The normalized spacial score (nSPS) is 12.6. The predicted octanol–water partition coefficient (Wildman–Crippen LogP) is 2.00. The van der Waals surface area contributed by atoms with E-state index in [-0.39, 0.29) is 6.04 Å². The monoisotopic (exact) mass is 251 g/mol. The highest BCUT2D eigenvalue weighted by atomic mass is 15.1. The molecule has 0 fully saturated rings. The van der Waals surface area contributed by atoms with Crippen LogP contribution in [0.4, 0.5) is 11.6 Å². The van der Waals surface area contributed by atoms with Crippen LogP contribution in [0.25, 0.3) is 0 Å². The van der Waals surface area contributed by atoms with Crippen molar-refractivity contribution in [2.75, 3.05) is 23.7 Å². The summed E-state index contributed by atoms with van der Waals surface area (Å²) < 4.78 is 0. The Morgan fingerprint density at radius 3 is 2.50 bits per heavy atom. The first-order valence-electron chi connectivity index (χ1n) is 6.57. The zero-order chi connectivity index (χ0) is 13.5. The summed E-state index contributed by atoms with van der Waals surface area (Å²) in [6.45, 7) is 9.86. The summed E-state index contributed by atoms with van der Waals surface area (Å²) in [4.78, 5) is 8.72. The van der Waals surface area contributed by atoms with E-state index >= 15 is 0 Å². The molecule has 1 unspecified atom stereocenters. The van der Waals surface area contributed by atoms with Crippen LogP contribution < -0.4 is 16.4 Å². The molecule has 0 aliphatic heterocycles. The van der Waals surface area contributed by atoms with Crippen molar-refractivity contribution in [3.63, 3.8) is 0 Å². The van der Waals surface area contributed by atoms with Crippen LogP contribution in [0.15, 0.2) is 6.07 Å². The van der Waals surface area contributed by atoms with E-state index in [0.29, 0.717) is 12.5 Å². The fraction of sp³-hybridized carbons (Fsp3) is 0.692. The second-order valence-electron chi connectivity index (χ2n) is 5.08. The summed E-state index contributed by atoms with van der Waals surface area (Å²) in [6, 6.07) is 2.14. The van der Waals surface area contributed by atoms with Gasteiger partial charge in [0.2, 0.25) is 0 Å². The Balaban J connectivity index is 2.62. The minimum atomic E-state index is 0.211. The van der Waals surface area contributed by atoms with E-state index in [1.165, 1.54) is 0 Å². The van der Waals surface area contributed by atoms with Gasteiger partial charge < -0.3 is 16.4 Å². The molecule has 0 saturated carbocycles. The number of nitrogens with one attached hydrogen (secondary N) is 2. The van der Waals surface area contributed by atoms with E-state index in [0.717, 1.165) is 30.4 Å². The highest BCUT2D eigenvalue weighted by molar-refractivity contribution is 5.47. The highest BCUT2D eigenvalue weighted by Crippen LogP contribution is 2.12. The number of rotatable bonds is 7. The van der Waals surface area contributed by atoms with Gasteiger partial charge in [0.05, 0.1) is 0 Å². The van der Waals surface area contributed by atoms with E-state index in [1.807, 2.05) is 19.9 Å². The van der Waals surface area contributed by atoms with Crippen LogP contribution in [0.1, 0.15) is 33.0 Å². The van der Waals surface area contributed by atoms with Gasteiger partial charge in [-0.25, -0.2) is 9.97 Å². The third-order valence-corrected chi connectivity index (χ3v) is 2.61. The molecule has 0 radical (unpaired) electrons. The summed E-state index contributed by atoms with van der Waals surface area (Å²) >= 11 is 0. The lowest BCUT2D eigenvalue weighted by Gasteiger charge is -2.14. The predicted molar refractivity (Wildman–Crippen MR) is 76.9 cm³/mol. The SMILES string of the molecule is Cc1nc(NCCC(C)C)cc(NC(C)CN)n1. The van der Waals surface area contributed by atoms with Gasteiger partial charge in [-0.3, -0.25) is 0 Å². The van der Waals surface area contributed by atoms with Crippen molar-refractivity contribution in [3.05, 3.63) is 11.9 Å². The molecule has 18 heavy (non-hydrogen) atoms. The van der Waals surface area contributed by atoms with Crippen molar-refractivity contribution in [2.24, 2.45) is 11.7 Å². The maximum absolute atomic E-state index is 5.59. The van der Waals surface area contributed by atoms with Gasteiger partial charge in [-0.05, 0) is 26.2 Å². The van der Waals surface area contributed by atoms with Crippen molar-refractivity contribution in [1.82, 2.24) is 9.97 Å². The van der Waals surface area contributed by atoms with Crippen LogP contribution in [0.5, 0.6) is 0 Å². The first-order chi connectivity index (χ1) is 8.51. The first kappa shape index (κ1) is 14.7. The summed E-state index contributed by atoms with van der Waals surface area (Å²) in [6.07, 6.45) is 1.13. The van der Waals surface area contributed by atoms with Crippen molar-refractivity contribution in [2.45, 2.75) is 40.2 Å². The largest absolute Gasteiger partial charge is 0.370 e. The fourth-order valence-corrected chi connectivity index (χ4v) is 1.53. The average molecular weight is 251 g/mol. The zero-order valence-corrected chi connectivity index (χ0v) is 11.8. The topological polar surface area (TPSA) is 75.9 Å². The Morgan fingerprint density at radius 2 is 1.89 bits per heavy atom. The Hall–Kier alpha value is -1.36. The molecule has 0 aromatic carbocycles. The molecule has 0 bridgehead atoms. The van der Waals surface area contributed by atoms with Gasteiger partial charge in [-0.15, -0.1) is 0 Å². The molecule has 1 atom stereocenters. The number of hydrogen-bond donors (Lipinski definition) is 3. The van der Waals surface area contributed by atoms with E-state index in [9.17, 15) is 0 Å². The average Bonchev–Trinajstić information content (AvgIpc) is 2.27. The first-order valence-corrected chi connectivity index (χ1v) is 6.57. The Morgan fingerprint density at radius 1 is 1.22 bits per heavy atom. The standard InChI is InChI=1S/C13H25N5/c1-9(2)5-6-15-12-7-13(16-10(3)8-14)18-11(4)17-12/h7,9-10H,5-6,8,14H2,1-4H3,(H2,15,16,17,18). The Bertz CT molecular complexity index is 364. The lowest BCUT2D eigenvalue weighted by atomic mass is 10.1. The van der Waals surface area contributed by atoms with E-state index in [1.54, 1.807) is 0 Å². The molecule has 1 aromatic rings. The lowest BCUT2D eigenvalue weighted by molar-refractivity contribution is 0.606. The quantitative estimate of drug-likeness (QED) is 0.691. The van der Waals surface area contributed by atoms with Crippen LogP contribution in [0.3, 0.4) is 0 Å². The molecule has 5 nitrogen and oxygen atoms in total. The zero-order valence-electron chi connectivity index (χ0n) is 11.8. The fourth-order valence-electron chi connectivity index (χ4n) is 1.53. The molecule has 0 spiro atoms. The number of aromatic nitrogens is 2. The van der Waals surface area contributed by atoms with E-state index in [2.05, 4.69) is 34.4 Å². The third kappa shape index (κ3) is 5.31. The van der Waals surface area contributed by atoms with Gasteiger partial charge in [0, 0.05) is 25.2 Å². The molecule has 1 heterocycles. The minimum absolute atomic E-state index is 0.211. The van der Waals surface area contributed by atoms with Crippen LogP contribution in [0.2, 0.25) is 0 Å². The molecular formula is C13H25N5. The van der Waals surface area contributed by atoms with Crippen LogP contribution in [-0.4, -0.2) is 29.1 Å². The van der Waals surface area contributed by atoms with Crippen LogP contribution >= 0.6 is 0 Å². The van der Waals surface area contributed by atoms with Crippen molar-refractivity contribution in [1.29, 1.82) is 0 Å². The van der Waals surface area contributed by atoms with Gasteiger partial charge in [0.1, 0.15) is 17.5 Å². The molecule has 1 aromatic heterocycles. The molecule has 4 N–H and O–H groups in total. The van der Waals surface area contributed by atoms with Crippen LogP contribution in [0, 0.1) is 12.8 Å². The smallest absolute Gasteiger partial charge is 0.132 e. The molecule has 102 valence electrons. The summed E-state index contributed by atoms with van der Waals surface area (Å²) in [5.74, 6) is 3.15. The maximum Gasteiger partial charge on any atom is 0.132 e.